The van der Waals surface area contributed by atoms with E-state index in [2.05, 4.69) is 79.4 Å². The van der Waals surface area contributed by atoms with Crippen LogP contribution in [0.4, 0.5) is 0 Å². The zero-order valence-corrected chi connectivity index (χ0v) is 23.1. The maximum Gasteiger partial charge on any atom is 0.320 e. The van der Waals surface area contributed by atoms with E-state index in [1.54, 1.807) is 0 Å². The summed E-state index contributed by atoms with van der Waals surface area (Å²) in [6.07, 6.45) is 0.333. The number of hydrogen-bond donors (Lipinski definition) is 2. The Labute approximate surface area is 236 Å². The SMILES string of the molecule is Cc1cccc(COc2ccccc2CN(CC[C@H](N)C(=O)O)Cc2cccc3c2OCc2cccc(C)c2-3)c1. The third kappa shape index (κ3) is 6.36. The molecule has 3 N–H and O–H groups in total. The number of rotatable bonds is 11. The Balaban J connectivity index is 1.40. The number of carboxylic acids is 1. The number of aryl methyl sites for hydroxylation is 2. The molecule has 5 rings (SSSR count). The number of para-hydroxylation sites is 2. The predicted octanol–water partition coefficient (Wildman–Crippen LogP) is 6.25. The molecule has 0 amide bonds. The van der Waals surface area contributed by atoms with Crippen LogP contribution in [0.15, 0.2) is 84.9 Å². The summed E-state index contributed by atoms with van der Waals surface area (Å²) in [7, 11) is 0. The van der Waals surface area contributed by atoms with Gasteiger partial charge in [-0.05, 0) is 48.6 Å². The molecule has 206 valence electrons. The Morgan fingerprint density at radius 2 is 1.73 bits per heavy atom. The Bertz CT molecular complexity index is 1500. The largest absolute Gasteiger partial charge is 0.489 e. The standard InChI is InChI=1S/C34H36N2O4/c1-23-8-5-10-25(18-23)21-39-31-15-4-3-11-26(31)19-36(17-16-30(35)34(37)38)20-27-12-7-14-29-32-24(2)9-6-13-28(32)22-40-33(27)29/h3-15,18,30H,16-17,19-22,35H2,1-2H3,(H,37,38)/t30-/m0/s1. The number of nitrogens with two attached hydrogens (primary N) is 1. The number of ether oxygens (including phenoxy) is 2. The minimum Gasteiger partial charge on any atom is -0.489 e. The van der Waals surface area contributed by atoms with E-state index in [0.29, 0.717) is 39.3 Å². The van der Waals surface area contributed by atoms with Crippen molar-refractivity contribution >= 4 is 5.97 Å². The van der Waals surface area contributed by atoms with Crippen LogP contribution in [0.3, 0.4) is 0 Å². The topological polar surface area (TPSA) is 85.0 Å². The molecule has 4 aromatic carbocycles. The summed E-state index contributed by atoms with van der Waals surface area (Å²) in [5.41, 5.74) is 15.1. The predicted molar refractivity (Wildman–Crippen MR) is 157 cm³/mol. The first-order chi connectivity index (χ1) is 19.4. The zero-order chi connectivity index (χ0) is 28.1. The molecular weight excluding hydrogens is 500 g/mol. The van der Waals surface area contributed by atoms with Crippen molar-refractivity contribution in [1.82, 2.24) is 4.90 Å². The average molecular weight is 537 g/mol. The molecule has 1 heterocycles. The number of fused-ring (bicyclic) bond motifs is 3. The molecule has 0 fully saturated rings. The van der Waals surface area contributed by atoms with Gasteiger partial charge in [0.1, 0.15) is 30.8 Å². The minimum atomic E-state index is -0.991. The zero-order valence-electron chi connectivity index (χ0n) is 23.1. The monoisotopic (exact) mass is 536 g/mol. The number of aliphatic carboxylic acids is 1. The Morgan fingerprint density at radius 1 is 0.975 bits per heavy atom. The summed E-state index contributed by atoms with van der Waals surface area (Å²) < 4.78 is 12.6. The van der Waals surface area contributed by atoms with Crippen LogP contribution in [0.25, 0.3) is 11.1 Å². The lowest BCUT2D eigenvalue weighted by molar-refractivity contribution is -0.138. The van der Waals surface area contributed by atoms with Gasteiger partial charge in [-0.15, -0.1) is 0 Å². The van der Waals surface area contributed by atoms with Gasteiger partial charge in [-0.1, -0.05) is 84.4 Å². The molecule has 0 aromatic heterocycles. The molecule has 0 unspecified atom stereocenters. The molecule has 1 atom stereocenters. The number of carbonyl (C=O) groups is 1. The van der Waals surface area contributed by atoms with E-state index in [-0.39, 0.29) is 0 Å². The van der Waals surface area contributed by atoms with Crippen molar-refractivity contribution in [2.45, 2.75) is 52.6 Å². The van der Waals surface area contributed by atoms with Gasteiger partial charge < -0.3 is 20.3 Å². The van der Waals surface area contributed by atoms with Gasteiger partial charge in [0.25, 0.3) is 0 Å². The van der Waals surface area contributed by atoms with Crippen LogP contribution < -0.4 is 15.2 Å². The summed E-state index contributed by atoms with van der Waals surface area (Å²) in [4.78, 5) is 13.7. The van der Waals surface area contributed by atoms with Crippen molar-refractivity contribution in [2.24, 2.45) is 5.73 Å². The van der Waals surface area contributed by atoms with E-state index < -0.39 is 12.0 Å². The Kier molecular flexibility index (Phi) is 8.48. The highest BCUT2D eigenvalue weighted by atomic mass is 16.5. The Hall–Kier alpha value is -4.13. The molecule has 0 radical (unpaired) electrons. The van der Waals surface area contributed by atoms with E-state index in [0.717, 1.165) is 33.8 Å². The van der Waals surface area contributed by atoms with Crippen molar-refractivity contribution in [1.29, 1.82) is 0 Å². The summed E-state index contributed by atoms with van der Waals surface area (Å²) in [6, 6.07) is 28.0. The van der Waals surface area contributed by atoms with Crippen molar-refractivity contribution < 1.29 is 19.4 Å². The first kappa shape index (κ1) is 27.4. The van der Waals surface area contributed by atoms with Crippen LogP contribution in [0, 0.1) is 13.8 Å². The van der Waals surface area contributed by atoms with Gasteiger partial charge in [-0.25, -0.2) is 0 Å². The number of carboxylic acid groups (broad SMARTS) is 1. The van der Waals surface area contributed by atoms with Gasteiger partial charge in [-0.2, -0.15) is 0 Å². The van der Waals surface area contributed by atoms with Crippen LogP contribution in [0.1, 0.15) is 39.8 Å². The average Bonchev–Trinajstić information content (AvgIpc) is 2.95. The summed E-state index contributed by atoms with van der Waals surface area (Å²) >= 11 is 0. The molecule has 0 saturated carbocycles. The molecule has 4 aromatic rings. The minimum absolute atomic E-state index is 0.333. The van der Waals surface area contributed by atoms with Gasteiger partial charge >= 0.3 is 5.97 Å². The fraction of sp³-hybridized carbons (Fsp3) is 0.265. The second-order valence-corrected chi connectivity index (χ2v) is 10.5. The smallest absolute Gasteiger partial charge is 0.320 e. The number of hydrogen-bond acceptors (Lipinski definition) is 5. The molecule has 0 aliphatic carbocycles. The number of nitrogens with zero attached hydrogens (tertiary/aromatic N) is 1. The van der Waals surface area contributed by atoms with Gasteiger partial charge in [0.05, 0.1) is 0 Å². The fourth-order valence-corrected chi connectivity index (χ4v) is 5.34. The third-order valence-corrected chi connectivity index (χ3v) is 7.41. The first-order valence-corrected chi connectivity index (χ1v) is 13.7. The molecule has 6 heteroatoms. The van der Waals surface area contributed by atoms with Crippen LogP contribution >= 0.6 is 0 Å². The van der Waals surface area contributed by atoms with E-state index in [4.69, 9.17) is 15.2 Å². The van der Waals surface area contributed by atoms with Crippen molar-refractivity contribution in [3.8, 4) is 22.6 Å². The lowest BCUT2D eigenvalue weighted by atomic mass is 9.91. The molecule has 40 heavy (non-hydrogen) atoms. The molecule has 0 bridgehead atoms. The van der Waals surface area contributed by atoms with E-state index in [1.165, 1.54) is 22.3 Å². The van der Waals surface area contributed by atoms with Gasteiger partial charge in [0.15, 0.2) is 0 Å². The highest BCUT2D eigenvalue weighted by Crippen LogP contribution is 2.42. The van der Waals surface area contributed by atoms with Crippen LogP contribution in [-0.2, 0) is 31.1 Å². The molecule has 6 nitrogen and oxygen atoms in total. The van der Waals surface area contributed by atoms with Gasteiger partial charge in [0, 0.05) is 36.3 Å². The van der Waals surface area contributed by atoms with Crippen molar-refractivity contribution in [2.75, 3.05) is 6.54 Å². The normalized spacial score (nSPS) is 12.8. The Morgan fingerprint density at radius 3 is 2.55 bits per heavy atom. The molecule has 1 aliphatic heterocycles. The lowest BCUT2D eigenvalue weighted by Gasteiger charge is -2.28. The highest BCUT2D eigenvalue weighted by molar-refractivity contribution is 5.79. The van der Waals surface area contributed by atoms with Crippen LogP contribution in [0.2, 0.25) is 0 Å². The fourth-order valence-electron chi connectivity index (χ4n) is 5.34. The van der Waals surface area contributed by atoms with Gasteiger partial charge in [0.2, 0.25) is 0 Å². The van der Waals surface area contributed by atoms with E-state index in [9.17, 15) is 9.90 Å². The molecular formula is C34H36N2O4. The molecule has 0 spiro atoms. The van der Waals surface area contributed by atoms with Crippen molar-refractivity contribution in [3.63, 3.8) is 0 Å². The second kappa shape index (κ2) is 12.4. The second-order valence-electron chi connectivity index (χ2n) is 10.5. The van der Waals surface area contributed by atoms with Crippen molar-refractivity contribution in [3.05, 3.63) is 118 Å². The van der Waals surface area contributed by atoms with E-state index in [1.807, 2.05) is 24.3 Å². The quantitative estimate of drug-likeness (QED) is 0.236. The summed E-state index contributed by atoms with van der Waals surface area (Å²) in [6.45, 7) is 6.89. The molecule has 0 saturated heterocycles. The number of benzene rings is 4. The summed E-state index contributed by atoms with van der Waals surface area (Å²) in [5.74, 6) is 0.711. The van der Waals surface area contributed by atoms with E-state index >= 15 is 0 Å². The highest BCUT2D eigenvalue weighted by Gasteiger charge is 2.23. The maximum atomic E-state index is 11.5. The van der Waals surface area contributed by atoms with Crippen LogP contribution in [0.5, 0.6) is 11.5 Å². The van der Waals surface area contributed by atoms with Crippen LogP contribution in [-0.4, -0.2) is 28.6 Å². The maximum absolute atomic E-state index is 11.5. The lowest BCUT2D eigenvalue weighted by Crippen LogP contribution is -2.35. The summed E-state index contributed by atoms with van der Waals surface area (Å²) in [5, 5.41) is 9.41. The first-order valence-electron chi connectivity index (χ1n) is 13.7. The third-order valence-electron chi connectivity index (χ3n) is 7.41. The molecule has 1 aliphatic rings. The van der Waals surface area contributed by atoms with Gasteiger partial charge in [-0.3, -0.25) is 9.69 Å².